The molecule has 1 aromatic carbocycles. The van der Waals surface area contributed by atoms with Gasteiger partial charge in [-0.3, -0.25) is 4.79 Å². The first kappa shape index (κ1) is 19.2. The van der Waals surface area contributed by atoms with Crippen LogP contribution in [0.15, 0.2) is 30.3 Å². The quantitative estimate of drug-likeness (QED) is 0.683. The van der Waals surface area contributed by atoms with Crippen molar-refractivity contribution in [3.63, 3.8) is 0 Å². The molecule has 7 nitrogen and oxygen atoms in total. The number of para-hydroxylation sites is 1. The van der Waals surface area contributed by atoms with Gasteiger partial charge in [-0.25, -0.2) is 4.79 Å². The lowest BCUT2D eigenvalue weighted by molar-refractivity contribution is -0.150. The second-order valence-corrected chi connectivity index (χ2v) is 6.55. The lowest BCUT2D eigenvalue weighted by Crippen LogP contribution is -2.55. The molecule has 0 spiro atoms. The number of aliphatic hydroxyl groups excluding tert-OH is 1. The molecule has 25 heavy (non-hydrogen) atoms. The van der Waals surface area contributed by atoms with Gasteiger partial charge in [-0.05, 0) is 30.9 Å². The predicted molar refractivity (Wildman–Crippen MR) is 95.0 cm³/mol. The number of benzene rings is 1. The number of aliphatic hydroxyl groups is 1. The fourth-order valence-corrected chi connectivity index (χ4v) is 3.04. The highest BCUT2D eigenvalue weighted by Gasteiger charge is 2.38. The predicted octanol–water partition coefficient (Wildman–Crippen LogP) is 1.79. The Bertz CT molecular complexity index is 579. The largest absolute Gasteiger partial charge is 0.366 e. The molecule has 1 aromatic rings. The molecule has 1 aliphatic heterocycles. The van der Waals surface area contributed by atoms with Crippen molar-refractivity contribution in [3.05, 3.63) is 30.3 Å². The van der Waals surface area contributed by atoms with Gasteiger partial charge in [0.25, 0.3) is 0 Å². The summed E-state index contributed by atoms with van der Waals surface area (Å²) in [7, 11) is 1.41. The van der Waals surface area contributed by atoms with Gasteiger partial charge in [0.1, 0.15) is 6.04 Å². The van der Waals surface area contributed by atoms with Crippen molar-refractivity contribution in [2.45, 2.75) is 45.1 Å². The van der Waals surface area contributed by atoms with Gasteiger partial charge in [0.05, 0.1) is 6.04 Å². The Morgan fingerprint density at radius 3 is 2.56 bits per heavy atom. The second kappa shape index (κ2) is 8.82. The highest BCUT2D eigenvalue weighted by atomic mass is 16.6. The Hall–Kier alpha value is -2.12. The molecule has 1 heterocycles. The number of methoxy groups -OCH3 is 1. The number of likely N-dealkylation sites (tertiary alicyclic amines) is 1. The fraction of sp³-hybridized carbons (Fsp3) is 0.556. The molecule has 7 heteroatoms. The van der Waals surface area contributed by atoms with E-state index in [1.165, 1.54) is 7.11 Å². The third kappa shape index (κ3) is 4.93. The van der Waals surface area contributed by atoms with E-state index in [1.807, 2.05) is 32.0 Å². The van der Waals surface area contributed by atoms with Gasteiger partial charge < -0.3 is 25.4 Å². The Morgan fingerprint density at radius 2 is 1.96 bits per heavy atom. The van der Waals surface area contributed by atoms with Gasteiger partial charge in [0, 0.05) is 19.3 Å². The van der Waals surface area contributed by atoms with E-state index >= 15 is 0 Å². The summed E-state index contributed by atoms with van der Waals surface area (Å²) in [5.41, 5.74) is 0.656. The molecule has 1 saturated heterocycles. The Labute approximate surface area is 148 Å². The smallest absolute Gasteiger partial charge is 0.319 e. The Morgan fingerprint density at radius 1 is 1.28 bits per heavy atom. The van der Waals surface area contributed by atoms with E-state index in [0.717, 1.165) is 6.42 Å². The minimum atomic E-state index is -1.02. The molecular formula is C18H27N3O4. The van der Waals surface area contributed by atoms with Crippen LogP contribution in [0.2, 0.25) is 0 Å². The molecule has 0 bridgehead atoms. The monoisotopic (exact) mass is 349 g/mol. The van der Waals surface area contributed by atoms with Crippen molar-refractivity contribution >= 4 is 17.6 Å². The summed E-state index contributed by atoms with van der Waals surface area (Å²) in [6.45, 7) is 4.31. The average Bonchev–Trinajstić information content (AvgIpc) is 3.08. The van der Waals surface area contributed by atoms with Crippen LogP contribution in [0.4, 0.5) is 10.5 Å². The summed E-state index contributed by atoms with van der Waals surface area (Å²) in [4.78, 5) is 26.8. The molecule has 0 aliphatic carbocycles. The van der Waals surface area contributed by atoms with Crippen LogP contribution in [-0.4, -0.2) is 54.0 Å². The zero-order valence-electron chi connectivity index (χ0n) is 14.9. The van der Waals surface area contributed by atoms with Crippen molar-refractivity contribution in [2.75, 3.05) is 19.0 Å². The number of carbonyl (C=O) groups excluding carboxylic acids is 2. The molecule has 0 saturated carbocycles. The molecule has 1 fully saturated rings. The van der Waals surface area contributed by atoms with E-state index in [4.69, 9.17) is 4.74 Å². The van der Waals surface area contributed by atoms with E-state index in [9.17, 15) is 14.7 Å². The molecule has 3 N–H and O–H groups in total. The third-order valence-electron chi connectivity index (χ3n) is 4.40. The maximum Gasteiger partial charge on any atom is 0.319 e. The van der Waals surface area contributed by atoms with Crippen LogP contribution >= 0.6 is 0 Å². The molecule has 3 amide bonds. The van der Waals surface area contributed by atoms with Crippen LogP contribution in [0, 0.1) is 5.92 Å². The number of urea groups is 1. The molecule has 0 aromatic heterocycles. The van der Waals surface area contributed by atoms with Gasteiger partial charge in [-0.1, -0.05) is 32.0 Å². The normalized spacial score (nSPS) is 19.6. The van der Waals surface area contributed by atoms with Crippen molar-refractivity contribution in [2.24, 2.45) is 5.92 Å². The van der Waals surface area contributed by atoms with Gasteiger partial charge in [-0.2, -0.15) is 0 Å². The van der Waals surface area contributed by atoms with Crippen molar-refractivity contribution < 1.29 is 19.4 Å². The van der Waals surface area contributed by atoms with Gasteiger partial charge in [0.2, 0.25) is 5.91 Å². The number of hydrogen-bond acceptors (Lipinski definition) is 4. The molecule has 1 unspecified atom stereocenters. The maximum atomic E-state index is 12.9. The fourth-order valence-electron chi connectivity index (χ4n) is 3.04. The standard InChI is InChI=1S/C18H27N3O4/c1-12(2)15(20-18(24)19-13-8-5-4-6-9-13)16(22)21-11-7-10-14(21)17(23)25-3/h4-6,8-9,12,14-15,17,23H,7,10-11H2,1-3H3,(H2,19,20,24)/t14-,15-,17?/m0/s1. The second-order valence-electron chi connectivity index (χ2n) is 6.55. The first-order chi connectivity index (χ1) is 11.9. The molecule has 1 aliphatic rings. The summed E-state index contributed by atoms with van der Waals surface area (Å²) in [5, 5.41) is 15.4. The maximum absolute atomic E-state index is 12.9. The van der Waals surface area contributed by atoms with Crippen molar-refractivity contribution in [1.82, 2.24) is 10.2 Å². The highest BCUT2D eigenvalue weighted by molar-refractivity contribution is 5.94. The van der Waals surface area contributed by atoms with Gasteiger partial charge in [0.15, 0.2) is 6.29 Å². The van der Waals surface area contributed by atoms with Crippen LogP contribution in [0.25, 0.3) is 0 Å². The van der Waals surface area contributed by atoms with E-state index in [1.54, 1.807) is 17.0 Å². The molecule has 2 rings (SSSR count). The number of anilines is 1. The van der Waals surface area contributed by atoms with E-state index in [-0.39, 0.29) is 17.9 Å². The minimum Gasteiger partial charge on any atom is -0.366 e. The molecular weight excluding hydrogens is 322 g/mol. The van der Waals surface area contributed by atoms with E-state index in [2.05, 4.69) is 10.6 Å². The topological polar surface area (TPSA) is 90.9 Å². The van der Waals surface area contributed by atoms with Gasteiger partial charge in [-0.15, -0.1) is 0 Å². The lowest BCUT2D eigenvalue weighted by atomic mass is 10.0. The van der Waals surface area contributed by atoms with Crippen LogP contribution in [0.1, 0.15) is 26.7 Å². The number of nitrogens with zero attached hydrogens (tertiary/aromatic N) is 1. The molecule has 0 radical (unpaired) electrons. The van der Waals surface area contributed by atoms with Crippen LogP contribution in [-0.2, 0) is 9.53 Å². The number of nitrogens with one attached hydrogen (secondary N) is 2. The number of carbonyl (C=O) groups is 2. The van der Waals surface area contributed by atoms with Crippen molar-refractivity contribution in [1.29, 1.82) is 0 Å². The minimum absolute atomic E-state index is 0.0880. The van der Waals surface area contributed by atoms with Crippen LogP contribution < -0.4 is 10.6 Å². The number of rotatable bonds is 6. The van der Waals surface area contributed by atoms with Gasteiger partial charge >= 0.3 is 6.03 Å². The van der Waals surface area contributed by atoms with Crippen molar-refractivity contribution in [3.8, 4) is 0 Å². The zero-order valence-corrected chi connectivity index (χ0v) is 14.9. The highest BCUT2D eigenvalue weighted by Crippen LogP contribution is 2.23. The summed E-state index contributed by atoms with van der Waals surface area (Å²) in [6, 6.07) is 7.57. The number of ether oxygens (including phenoxy) is 1. The zero-order chi connectivity index (χ0) is 18.4. The summed E-state index contributed by atoms with van der Waals surface area (Å²) < 4.78 is 4.98. The first-order valence-electron chi connectivity index (χ1n) is 8.58. The Balaban J connectivity index is 2.04. The van der Waals surface area contributed by atoms with Crippen LogP contribution in [0.3, 0.4) is 0 Å². The summed E-state index contributed by atoms with van der Waals surface area (Å²) in [5.74, 6) is -0.285. The third-order valence-corrected chi connectivity index (χ3v) is 4.40. The average molecular weight is 349 g/mol. The van der Waals surface area contributed by atoms with E-state index in [0.29, 0.717) is 18.7 Å². The van der Waals surface area contributed by atoms with Crippen LogP contribution in [0.5, 0.6) is 0 Å². The SMILES string of the molecule is COC(O)[C@@H]1CCCN1C(=O)[C@@H](NC(=O)Nc1ccccc1)C(C)C. The lowest BCUT2D eigenvalue weighted by Gasteiger charge is -2.32. The number of hydrogen-bond donors (Lipinski definition) is 3. The summed E-state index contributed by atoms with van der Waals surface area (Å²) in [6.07, 6.45) is 0.469. The summed E-state index contributed by atoms with van der Waals surface area (Å²) >= 11 is 0. The Kier molecular flexibility index (Phi) is 6.78. The molecule has 3 atom stereocenters. The molecule has 138 valence electrons. The number of amides is 3. The first-order valence-corrected chi connectivity index (χ1v) is 8.58. The van der Waals surface area contributed by atoms with E-state index < -0.39 is 18.4 Å².